The monoisotopic (exact) mass is 230 g/mol. The van der Waals surface area contributed by atoms with Crippen molar-refractivity contribution in [3.63, 3.8) is 0 Å². The predicted molar refractivity (Wildman–Crippen MR) is 66.8 cm³/mol. The molecule has 2 rings (SSSR count). The minimum atomic E-state index is -0.175. The van der Waals surface area contributed by atoms with Crippen molar-refractivity contribution >= 4 is 10.8 Å². The van der Waals surface area contributed by atoms with Crippen LogP contribution in [0.15, 0.2) is 41.4 Å². The van der Waals surface area contributed by atoms with Gasteiger partial charge in [-0.25, -0.2) is 5.10 Å². The molecule has 0 saturated heterocycles. The highest BCUT2D eigenvalue weighted by molar-refractivity contribution is 5.83. The number of aromatic nitrogens is 2. The Kier molecular flexibility index (Phi) is 3.23. The Hall–Kier alpha value is -2.10. The number of ether oxygens (including phenoxy) is 1. The Morgan fingerprint density at radius 3 is 2.82 bits per heavy atom. The maximum absolute atomic E-state index is 11.6. The van der Waals surface area contributed by atoms with Crippen LogP contribution in [0.4, 0.5) is 0 Å². The number of allylic oxidation sites excluding steroid dienone is 1. The van der Waals surface area contributed by atoms with E-state index < -0.39 is 0 Å². The van der Waals surface area contributed by atoms with Crippen LogP contribution in [0.25, 0.3) is 10.8 Å². The Labute approximate surface area is 98.9 Å². The molecule has 88 valence electrons. The lowest BCUT2D eigenvalue weighted by atomic mass is 10.1. The van der Waals surface area contributed by atoms with Crippen molar-refractivity contribution in [2.24, 2.45) is 0 Å². The fourth-order valence-corrected chi connectivity index (χ4v) is 1.75. The summed E-state index contributed by atoms with van der Waals surface area (Å²) in [6.07, 6.45) is 0.505. The Bertz CT molecular complexity index is 602. The second kappa shape index (κ2) is 4.82. The lowest BCUT2D eigenvalue weighted by Gasteiger charge is -2.07. The molecule has 1 aromatic heterocycles. The zero-order valence-electron chi connectivity index (χ0n) is 9.69. The molecule has 1 N–H and O–H groups in total. The molecule has 4 nitrogen and oxygen atoms in total. The van der Waals surface area contributed by atoms with Gasteiger partial charge in [0.15, 0.2) is 0 Å². The topological polar surface area (TPSA) is 55.0 Å². The standard InChI is InChI=1S/C13H14N2O2/c1-3-17-9(2)8-12-10-6-4-5-7-11(10)13(16)15-14-12/h4-7H,2-3,8H2,1H3,(H,15,16). The number of rotatable bonds is 4. The highest BCUT2D eigenvalue weighted by Crippen LogP contribution is 2.15. The first-order valence-electron chi connectivity index (χ1n) is 5.49. The molecule has 0 aliphatic rings. The first kappa shape index (κ1) is 11.4. The van der Waals surface area contributed by atoms with Gasteiger partial charge in [-0.3, -0.25) is 4.79 Å². The van der Waals surface area contributed by atoms with E-state index >= 15 is 0 Å². The molecule has 0 fully saturated rings. The second-order valence-corrected chi connectivity index (χ2v) is 3.69. The summed E-state index contributed by atoms with van der Waals surface area (Å²) >= 11 is 0. The molecule has 0 unspecified atom stereocenters. The molecule has 0 atom stereocenters. The number of aromatic amines is 1. The fraction of sp³-hybridized carbons (Fsp3) is 0.231. The molecule has 0 saturated carbocycles. The van der Waals surface area contributed by atoms with Gasteiger partial charge < -0.3 is 4.74 Å². The molecule has 0 bridgehead atoms. The molecule has 17 heavy (non-hydrogen) atoms. The summed E-state index contributed by atoms with van der Waals surface area (Å²) in [5, 5.41) is 8.02. The molecule has 2 aromatic rings. The van der Waals surface area contributed by atoms with Crippen molar-refractivity contribution in [3.05, 3.63) is 52.7 Å². The Morgan fingerprint density at radius 2 is 2.12 bits per heavy atom. The SMILES string of the molecule is C=C(Cc1n[nH]c(=O)c2ccccc12)OCC. The first-order valence-corrected chi connectivity index (χ1v) is 5.49. The van der Waals surface area contributed by atoms with Crippen molar-refractivity contribution in [3.8, 4) is 0 Å². The maximum Gasteiger partial charge on any atom is 0.272 e. The summed E-state index contributed by atoms with van der Waals surface area (Å²) in [4.78, 5) is 11.6. The highest BCUT2D eigenvalue weighted by Gasteiger charge is 2.07. The molecule has 0 amide bonds. The molecular formula is C13H14N2O2. The zero-order chi connectivity index (χ0) is 12.3. The molecule has 1 aromatic carbocycles. The third-order valence-corrected chi connectivity index (χ3v) is 2.49. The van der Waals surface area contributed by atoms with E-state index in [0.717, 1.165) is 11.1 Å². The van der Waals surface area contributed by atoms with Crippen LogP contribution in [0.3, 0.4) is 0 Å². The van der Waals surface area contributed by atoms with E-state index in [9.17, 15) is 4.79 Å². The summed E-state index contributed by atoms with van der Waals surface area (Å²) in [6.45, 7) is 6.30. The zero-order valence-corrected chi connectivity index (χ0v) is 9.69. The summed E-state index contributed by atoms with van der Waals surface area (Å²) in [5.41, 5.74) is 0.602. The van der Waals surface area contributed by atoms with Crippen LogP contribution >= 0.6 is 0 Å². The first-order chi connectivity index (χ1) is 8.22. The maximum atomic E-state index is 11.6. The number of nitrogens with zero attached hydrogens (tertiary/aromatic N) is 1. The van der Waals surface area contributed by atoms with Crippen LogP contribution in [0.1, 0.15) is 12.6 Å². The van der Waals surface area contributed by atoms with Crippen LogP contribution in [-0.2, 0) is 11.2 Å². The van der Waals surface area contributed by atoms with E-state index in [0.29, 0.717) is 24.2 Å². The number of fused-ring (bicyclic) bond motifs is 1. The quantitative estimate of drug-likeness (QED) is 0.817. The molecule has 0 radical (unpaired) electrons. The van der Waals surface area contributed by atoms with E-state index in [2.05, 4.69) is 16.8 Å². The van der Waals surface area contributed by atoms with E-state index in [1.165, 1.54) is 0 Å². The van der Waals surface area contributed by atoms with E-state index in [4.69, 9.17) is 4.74 Å². The summed E-state index contributed by atoms with van der Waals surface area (Å²) in [5.74, 6) is 0.650. The van der Waals surface area contributed by atoms with Crippen LogP contribution < -0.4 is 5.56 Å². The van der Waals surface area contributed by atoms with Gasteiger partial charge in [0.25, 0.3) is 5.56 Å². The van der Waals surface area contributed by atoms with E-state index in [1.807, 2.05) is 25.1 Å². The third-order valence-electron chi connectivity index (χ3n) is 2.49. The van der Waals surface area contributed by atoms with Gasteiger partial charge in [0.1, 0.15) is 0 Å². The van der Waals surface area contributed by atoms with Gasteiger partial charge in [-0.2, -0.15) is 5.10 Å². The average molecular weight is 230 g/mol. The third kappa shape index (κ3) is 2.36. The predicted octanol–water partition coefficient (Wildman–Crippen LogP) is 2.02. The number of H-pyrrole nitrogens is 1. The molecule has 1 heterocycles. The van der Waals surface area contributed by atoms with Gasteiger partial charge in [0, 0.05) is 11.8 Å². The summed E-state index contributed by atoms with van der Waals surface area (Å²) < 4.78 is 5.30. The number of hydrogen-bond acceptors (Lipinski definition) is 3. The minimum Gasteiger partial charge on any atom is -0.498 e. The van der Waals surface area contributed by atoms with Gasteiger partial charge >= 0.3 is 0 Å². The second-order valence-electron chi connectivity index (χ2n) is 3.69. The van der Waals surface area contributed by atoms with Crippen LogP contribution in [0.5, 0.6) is 0 Å². The lowest BCUT2D eigenvalue weighted by molar-refractivity contribution is 0.224. The lowest BCUT2D eigenvalue weighted by Crippen LogP contribution is -2.11. The molecule has 4 heteroatoms. The average Bonchev–Trinajstić information content (AvgIpc) is 2.34. The van der Waals surface area contributed by atoms with Crippen molar-refractivity contribution in [1.82, 2.24) is 10.2 Å². The molecule has 0 spiro atoms. The van der Waals surface area contributed by atoms with Crippen molar-refractivity contribution in [1.29, 1.82) is 0 Å². The number of nitrogens with one attached hydrogen (secondary N) is 1. The largest absolute Gasteiger partial charge is 0.498 e. The molecular weight excluding hydrogens is 216 g/mol. The van der Waals surface area contributed by atoms with Gasteiger partial charge in [-0.05, 0) is 13.0 Å². The normalized spacial score (nSPS) is 10.4. The summed E-state index contributed by atoms with van der Waals surface area (Å²) in [7, 11) is 0. The minimum absolute atomic E-state index is 0.175. The number of benzene rings is 1. The van der Waals surface area contributed by atoms with Crippen molar-refractivity contribution in [2.75, 3.05) is 6.61 Å². The van der Waals surface area contributed by atoms with Gasteiger partial charge in [0.05, 0.1) is 23.4 Å². The highest BCUT2D eigenvalue weighted by atomic mass is 16.5. The van der Waals surface area contributed by atoms with Crippen LogP contribution in [0, 0.1) is 0 Å². The summed E-state index contributed by atoms with van der Waals surface area (Å²) in [6, 6.07) is 7.38. The van der Waals surface area contributed by atoms with Crippen LogP contribution in [0.2, 0.25) is 0 Å². The fourth-order valence-electron chi connectivity index (χ4n) is 1.75. The van der Waals surface area contributed by atoms with Gasteiger partial charge in [0.2, 0.25) is 0 Å². The Morgan fingerprint density at radius 1 is 1.41 bits per heavy atom. The Balaban J connectivity index is 2.45. The van der Waals surface area contributed by atoms with Gasteiger partial charge in [-0.15, -0.1) is 0 Å². The molecule has 0 aliphatic heterocycles. The van der Waals surface area contributed by atoms with Gasteiger partial charge in [-0.1, -0.05) is 24.8 Å². The van der Waals surface area contributed by atoms with Crippen LogP contribution in [-0.4, -0.2) is 16.8 Å². The molecule has 0 aliphatic carbocycles. The number of hydrogen-bond donors (Lipinski definition) is 1. The smallest absolute Gasteiger partial charge is 0.272 e. The van der Waals surface area contributed by atoms with E-state index in [-0.39, 0.29) is 5.56 Å². The van der Waals surface area contributed by atoms with Crippen molar-refractivity contribution < 1.29 is 4.74 Å². The van der Waals surface area contributed by atoms with E-state index in [1.54, 1.807) is 6.07 Å². The van der Waals surface area contributed by atoms with Crippen molar-refractivity contribution in [2.45, 2.75) is 13.3 Å².